The molecule has 2 N–H and O–H groups in total. The number of aryl methyl sites for hydroxylation is 2. The fourth-order valence-electron chi connectivity index (χ4n) is 4.98. The van der Waals surface area contributed by atoms with Crippen molar-refractivity contribution in [1.29, 1.82) is 0 Å². The number of fused-ring (bicyclic) bond motifs is 2. The Balaban J connectivity index is 1.53. The summed E-state index contributed by atoms with van der Waals surface area (Å²) in [7, 11) is -1.53. The Hall–Kier alpha value is -3.49. The molecule has 3 aromatic rings. The fraction of sp³-hybridized carbons (Fsp3) is 0.296. The van der Waals surface area contributed by atoms with Crippen molar-refractivity contribution in [3.63, 3.8) is 0 Å². The summed E-state index contributed by atoms with van der Waals surface area (Å²) in [5, 5.41) is 18.7. The van der Waals surface area contributed by atoms with Crippen molar-refractivity contribution in [1.82, 2.24) is 14.9 Å². The van der Waals surface area contributed by atoms with E-state index in [1.54, 1.807) is 11.0 Å². The van der Waals surface area contributed by atoms with E-state index in [1.807, 2.05) is 25.3 Å². The van der Waals surface area contributed by atoms with E-state index >= 15 is 0 Å². The van der Waals surface area contributed by atoms with Crippen molar-refractivity contribution >= 4 is 24.2 Å². The zero-order valence-corrected chi connectivity index (χ0v) is 19.8. The molecule has 2 aromatic heterocycles. The summed E-state index contributed by atoms with van der Waals surface area (Å²) >= 11 is 0. The second kappa shape index (κ2) is 10.0. The van der Waals surface area contributed by atoms with Crippen LogP contribution in [0.3, 0.4) is 0 Å². The van der Waals surface area contributed by atoms with Crippen molar-refractivity contribution in [2.75, 3.05) is 19.7 Å². The van der Waals surface area contributed by atoms with Gasteiger partial charge in [-0.3, -0.25) is 9.97 Å². The lowest BCUT2D eigenvalue weighted by Crippen LogP contribution is -2.37. The highest BCUT2D eigenvalue weighted by molar-refractivity contribution is 6.58. The Bertz CT molecular complexity index is 1260. The SMILES string of the molecule is CCOC(=O)N1CCC(=C2c3ccc(-c4ccc(B(O)O)cn4)cc3CCc3cccnc32)CC1. The van der Waals surface area contributed by atoms with E-state index in [1.165, 1.54) is 34.0 Å². The lowest BCUT2D eigenvalue weighted by molar-refractivity contribution is 0.104. The molecule has 2 aliphatic rings. The van der Waals surface area contributed by atoms with E-state index in [0.717, 1.165) is 42.6 Å². The highest BCUT2D eigenvalue weighted by Gasteiger charge is 2.27. The molecule has 0 saturated carbocycles. The van der Waals surface area contributed by atoms with Gasteiger partial charge in [-0.1, -0.05) is 29.8 Å². The van der Waals surface area contributed by atoms with Gasteiger partial charge in [-0.25, -0.2) is 4.79 Å². The van der Waals surface area contributed by atoms with Gasteiger partial charge in [-0.05, 0) is 67.5 Å². The van der Waals surface area contributed by atoms with E-state index < -0.39 is 7.12 Å². The van der Waals surface area contributed by atoms with Crippen LogP contribution in [0.4, 0.5) is 4.79 Å². The molecule has 178 valence electrons. The van der Waals surface area contributed by atoms with Gasteiger partial charge in [0, 0.05) is 42.1 Å². The maximum absolute atomic E-state index is 12.2. The van der Waals surface area contributed by atoms with E-state index in [9.17, 15) is 14.8 Å². The highest BCUT2D eigenvalue weighted by atomic mass is 16.6. The van der Waals surface area contributed by atoms with E-state index in [4.69, 9.17) is 9.72 Å². The van der Waals surface area contributed by atoms with Gasteiger partial charge in [0.05, 0.1) is 18.0 Å². The quantitative estimate of drug-likeness (QED) is 0.573. The van der Waals surface area contributed by atoms with Crippen LogP contribution in [0.1, 0.15) is 42.1 Å². The number of piperidine rings is 1. The highest BCUT2D eigenvalue weighted by Crippen LogP contribution is 2.38. The van der Waals surface area contributed by atoms with Gasteiger partial charge in [0.25, 0.3) is 0 Å². The maximum Gasteiger partial charge on any atom is 0.490 e. The Labute approximate surface area is 205 Å². The van der Waals surface area contributed by atoms with Gasteiger partial charge in [0.2, 0.25) is 0 Å². The summed E-state index contributed by atoms with van der Waals surface area (Å²) in [6, 6.07) is 14.1. The molecule has 1 aliphatic carbocycles. The number of rotatable bonds is 3. The first-order valence-corrected chi connectivity index (χ1v) is 12.1. The Morgan fingerprint density at radius 3 is 2.54 bits per heavy atom. The fourth-order valence-corrected chi connectivity index (χ4v) is 4.98. The minimum atomic E-state index is -1.53. The first kappa shape index (κ1) is 23.3. The first-order valence-electron chi connectivity index (χ1n) is 12.1. The topological polar surface area (TPSA) is 95.8 Å². The third kappa shape index (κ3) is 4.72. The number of hydrogen-bond donors (Lipinski definition) is 2. The summed E-state index contributed by atoms with van der Waals surface area (Å²) in [4.78, 5) is 23.2. The summed E-state index contributed by atoms with van der Waals surface area (Å²) in [6.07, 6.45) is 6.47. The average Bonchev–Trinajstić information content (AvgIpc) is 3.05. The number of likely N-dealkylation sites (tertiary alicyclic amines) is 1. The molecule has 0 unspecified atom stereocenters. The summed E-state index contributed by atoms with van der Waals surface area (Å²) in [6.45, 7) is 3.49. The number of carbonyl (C=O) groups excluding carboxylic acids is 1. The molecule has 5 rings (SSSR count). The lowest BCUT2D eigenvalue weighted by atomic mass is 9.81. The molecule has 1 aliphatic heterocycles. The zero-order chi connectivity index (χ0) is 24.4. The first-order chi connectivity index (χ1) is 17.0. The maximum atomic E-state index is 12.2. The molecule has 35 heavy (non-hydrogen) atoms. The number of nitrogens with zero attached hydrogens (tertiary/aromatic N) is 3. The van der Waals surface area contributed by atoms with Gasteiger partial charge in [-0.2, -0.15) is 0 Å². The van der Waals surface area contributed by atoms with Crippen molar-refractivity contribution in [2.24, 2.45) is 0 Å². The molecule has 8 heteroatoms. The molecule has 7 nitrogen and oxygen atoms in total. The van der Waals surface area contributed by atoms with E-state index in [-0.39, 0.29) is 6.09 Å². The number of amides is 1. The number of aromatic nitrogens is 2. The number of carbonyl (C=O) groups is 1. The van der Waals surface area contributed by atoms with Crippen LogP contribution < -0.4 is 5.46 Å². The van der Waals surface area contributed by atoms with E-state index in [0.29, 0.717) is 25.2 Å². The molecule has 0 atom stereocenters. The van der Waals surface area contributed by atoms with Crippen LogP contribution in [0.15, 0.2) is 60.4 Å². The van der Waals surface area contributed by atoms with Crippen LogP contribution in [0.2, 0.25) is 0 Å². The molecule has 0 bridgehead atoms. The minimum absolute atomic E-state index is 0.242. The zero-order valence-electron chi connectivity index (χ0n) is 19.8. The molecular weight excluding hydrogens is 441 g/mol. The van der Waals surface area contributed by atoms with Gasteiger partial charge in [0.15, 0.2) is 0 Å². The van der Waals surface area contributed by atoms with Crippen LogP contribution in [-0.2, 0) is 17.6 Å². The standard InChI is InChI=1S/C27H28BN3O4/c1-2-35-27(32)31-14-11-18(12-15-31)25-23-9-7-21(24-10-8-22(17-30-24)28(33)34)16-20(23)6-5-19-4-3-13-29-26(19)25/h3-4,7-10,13,16-17,33-34H,2,5-6,11-12,14-15H2,1H3. The van der Waals surface area contributed by atoms with Gasteiger partial charge < -0.3 is 19.7 Å². The molecule has 0 radical (unpaired) electrons. The minimum Gasteiger partial charge on any atom is -0.450 e. The summed E-state index contributed by atoms with van der Waals surface area (Å²) < 4.78 is 5.20. The number of hydrogen-bond acceptors (Lipinski definition) is 6. The number of ether oxygens (including phenoxy) is 1. The third-order valence-corrected chi connectivity index (χ3v) is 6.79. The molecule has 1 amide bonds. The molecule has 0 spiro atoms. The van der Waals surface area contributed by atoms with Crippen LogP contribution in [0, 0.1) is 0 Å². The Kier molecular flexibility index (Phi) is 6.66. The second-order valence-electron chi connectivity index (χ2n) is 8.90. The Morgan fingerprint density at radius 1 is 1.03 bits per heavy atom. The van der Waals surface area contributed by atoms with Crippen LogP contribution >= 0.6 is 0 Å². The molecule has 1 saturated heterocycles. The summed E-state index contributed by atoms with van der Waals surface area (Å²) in [5.74, 6) is 0. The predicted molar refractivity (Wildman–Crippen MR) is 135 cm³/mol. The van der Waals surface area contributed by atoms with Gasteiger partial charge >= 0.3 is 13.2 Å². The van der Waals surface area contributed by atoms with Gasteiger partial charge in [0.1, 0.15) is 0 Å². The van der Waals surface area contributed by atoms with Crippen molar-refractivity contribution in [2.45, 2.75) is 32.6 Å². The lowest BCUT2D eigenvalue weighted by Gasteiger charge is -2.29. The smallest absolute Gasteiger partial charge is 0.450 e. The molecule has 1 fully saturated rings. The molecule has 1 aromatic carbocycles. The van der Waals surface area contributed by atoms with Crippen molar-refractivity contribution < 1.29 is 19.6 Å². The monoisotopic (exact) mass is 469 g/mol. The Morgan fingerprint density at radius 2 is 1.83 bits per heavy atom. The van der Waals surface area contributed by atoms with Crippen LogP contribution in [0.5, 0.6) is 0 Å². The normalized spacial score (nSPS) is 15.2. The van der Waals surface area contributed by atoms with Crippen molar-refractivity contribution in [3.05, 3.63) is 82.8 Å². The number of pyridine rings is 2. The largest absolute Gasteiger partial charge is 0.490 e. The predicted octanol–water partition coefficient (Wildman–Crippen LogP) is 2.98. The van der Waals surface area contributed by atoms with Crippen LogP contribution in [-0.4, -0.2) is 57.8 Å². The van der Waals surface area contributed by atoms with Gasteiger partial charge in [-0.15, -0.1) is 0 Å². The van der Waals surface area contributed by atoms with Crippen LogP contribution in [0.25, 0.3) is 16.8 Å². The second-order valence-corrected chi connectivity index (χ2v) is 8.90. The average molecular weight is 469 g/mol. The third-order valence-electron chi connectivity index (χ3n) is 6.79. The van der Waals surface area contributed by atoms with Crippen molar-refractivity contribution in [3.8, 4) is 11.3 Å². The molecular formula is C27H28BN3O4. The summed E-state index contributed by atoms with van der Waals surface area (Å²) in [5.41, 5.74) is 9.36. The number of benzene rings is 1. The molecule has 3 heterocycles. The van der Waals surface area contributed by atoms with E-state index in [2.05, 4.69) is 29.2 Å².